The van der Waals surface area contributed by atoms with Gasteiger partial charge in [-0.25, -0.2) is 0 Å². The summed E-state index contributed by atoms with van der Waals surface area (Å²) in [6.45, 7) is 5.72. The average Bonchev–Trinajstić information content (AvgIpc) is 2.16. The first-order chi connectivity index (χ1) is 7.93. The molecule has 0 aliphatic rings. The van der Waals surface area contributed by atoms with E-state index >= 15 is 0 Å². The molecule has 0 saturated heterocycles. The number of ether oxygens (including phenoxy) is 3. The van der Waals surface area contributed by atoms with Crippen LogP contribution in [0.2, 0.25) is 0 Å². The molecule has 0 fully saturated rings. The van der Waals surface area contributed by atoms with Gasteiger partial charge in [0.15, 0.2) is 0 Å². The lowest BCUT2D eigenvalue weighted by Crippen LogP contribution is -2.38. The zero-order chi connectivity index (χ0) is 13.3. The van der Waals surface area contributed by atoms with Gasteiger partial charge in [-0.1, -0.05) is 0 Å². The first-order valence-corrected chi connectivity index (χ1v) is 5.65. The van der Waals surface area contributed by atoms with Gasteiger partial charge in [-0.2, -0.15) is 0 Å². The van der Waals surface area contributed by atoms with Crippen molar-refractivity contribution >= 4 is 11.9 Å². The lowest BCUT2D eigenvalue weighted by molar-refractivity contribution is -0.349. The second-order valence-electron chi connectivity index (χ2n) is 3.45. The Morgan fingerprint density at radius 3 is 2.06 bits per heavy atom. The number of hydrogen-bond acceptors (Lipinski definition) is 5. The van der Waals surface area contributed by atoms with E-state index in [9.17, 15) is 9.59 Å². The highest BCUT2D eigenvalue weighted by Gasteiger charge is 2.29. The molecule has 0 aliphatic heterocycles. The first-order valence-electron chi connectivity index (χ1n) is 5.65. The highest BCUT2D eigenvalue weighted by molar-refractivity contribution is 5.71. The molecule has 6 heteroatoms. The first kappa shape index (κ1) is 15.9. The maximum absolute atomic E-state index is 11.4. The molecule has 0 radical (unpaired) electrons. The molecule has 0 bridgehead atoms. The number of carboxylic acid groups (broad SMARTS) is 1. The predicted octanol–water partition coefficient (Wildman–Crippen LogP) is 1.53. The van der Waals surface area contributed by atoms with E-state index in [2.05, 4.69) is 0 Å². The monoisotopic (exact) mass is 248 g/mol. The molecule has 0 saturated carbocycles. The highest BCUT2D eigenvalue weighted by Crippen LogP contribution is 2.16. The predicted molar refractivity (Wildman–Crippen MR) is 59.2 cm³/mol. The Balaban J connectivity index is 4.07. The van der Waals surface area contributed by atoms with Crippen molar-refractivity contribution in [3.05, 3.63) is 0 Å². The Hall–Kier alpha value is -1.14. The summed E-state index contributed by atoms with van der Waals surface area (Å²) >= 11 is 0. The average molecular weight is 248 g/mol. The van der Waals surface area contributed by atoms with E-state index in [1.165, 1.54) is 6.92 Å². The Labute approximate surface area is 101 Å². The summed E-state index contributed by atoms with van der Waals surface area (Å²) < 4.78 is 15.4. The lowest BCUT2D eigenvalue weighted by Gasteiger charge is -2.28. The maximum Gasteiger partial charge on any atom is 0.326 e. The summed E-state index contributed by atoms with van der Waals surface area (Å²) in [5, 5.41) is 8.43. The third-order valence-corrected chi connectivity index (χ3v) is 1.88. The standard InChI is InChI=1S/C11H20O6/c1-4-15-11(3,16-5-2)17-10(14)8-6-7-9(12)13/h4-8H2,1-3H3,(H,12,13). The van der Waals surface area contributed by atoms with Crippen molar-refractivity contribution in [3.63, 3.8) is 0 Å². The van der Waals surface area contributed by atoms with Crippen LogP contribution in [0.25, 0.3) is 0 Å². The van der Waals surface area contributed by atoms with E-state index in [1.54, 1.807) is 13.8 Å². The summed E-state index contributed by atoms with van der Waals surface area (Å²) in [4.78, 5) is 21.7. The minimum atomic E-state index is -1.39. The van der Waals surface area contributed by atoms with Gasteiger partial charge in [0.2, 0.25) is 0 Å². The fraction of sp³-hybridized carbons (Fsp3) is 0.818. The third kappa shape index (κ3) is 7.70. The van der Waals surface area contributed by atoms with Crippen molar-refractivity contribution in [1.29, 1.82) is 0 Å². The third-order valence-electron chi connectivity index (χ3n) is 1.88. The van der Waals surface area contributed by atoms with Crippen LogP contribution in [-0.2, 0) is 23.8 Å². The Morgan fingerprint density at radius 2 is 1.65 bits per heavy atom. The van der Waals surface area contributed by atoms with E-state index in [0.717, 1.165) is 0 Å². The highest BCUT2D eigenvalue weighted by atomic mass is 16.9. The zero-order valence-electron chi connectivity index (χ0n) is 10.5. The topological polar surface area (TPSA) is 82.1 Å². The Bertz CT molecular complexity index is 244. The van der Waals surface area contributed by atoms with Crippen LogP contribution in [0.15, 0.2) is 0 Å². The second-order valence-corrected chi connectivity index (χ2v) is 3.45. The molecule has 0 amide bonds. The molecular formula is C11H20O6. The minimum Gasteiger partial charge on any atom is -0.481 e. The SMILES string of the molecule is CCOC(C)(OCC)OC(=O)CCCC(=O)O. The normalized spacial score (nSPS) is 11.2. The summed E-state index contributed by atoms with van der Waals surface area (Å²) in [6, 6.07) is 0. The van der Waals surface area contributed by atoms with Crippen molar-refractivity contribution < 1.29 is 28.9 Å². The smallest absolute Gasteiger partial charge is 0.326 e. The van der Waals surface area contributed by atoms with Crippen molar-refractivity contribution in [3.8, 4) is 0 Å². The van der Waals surface area contributed by atoms with E-state index < -0.39 is 17.9 Å². The number of aliphatic carboxylic acids is 1. The van der Waals surface area contributed by atoms with Gasteiger partial charge in [-0.05, 0) is 20.3 Å². The van der Waals surface area contributed by atoms with E-state index in [1.807, 2.05) is 0 Å². The second kappa shape index (κ2) is 8.03. The summed E-state index contributed by atoms with van der Waals surface area (Å²) in [6.07, 6.45) is 0.208. The van der Waals surface area contributed by atoms with Gasteiger partial charge in [0, 0.05) is 19.8 Å². The van der Waals surface area contributed by atoms with Crippen molar-refractivity contribution in [2.75, 3.05) is 13.2 Å². The van der Waals surface area contributed by atoms with Gasteiger partial charge in [-0.15, -0.1) is 0 Å². The van der Waals surface area contributed by atoms with Gasteiger partial charge in [0.1, 0.15) is 0 Å². The Kier molecular flexibility index (Phi) is 7.49. The van der Waals surface area contributed by atoms with Crippen LogP contribution in [-0.4, -0.2) is 36.2 Å². The number of carboxylic acids is 1. The molecule has 0 aliphatic carbocycles. The molecule has 0 aromatic heterocycles. The van der Waals surface area contributed by atoms with Gasteiger partial charge < -0.3 is 19.3 Å². The molecule has 100 valence electrons. The van der Waals surface area contributed by atoms with Crippen LogP contribution in [0.4, 0.5) is 0 Å². The van der Waals surface area contributed by atoms with Gasteiger partial charge in [0.05, 0.1) is 13.2 Å². The van der Waals surface area contributed by atoms with Crippen molar-refractivity contribution in [2.45, 2.75) is 46.0 Å². The molecular weight excluding hydrogens is 228 g/mol. The van der Waals surface area contributed by atoms with Crippen LogP contribution in [0.1, 0.15) is 40.0 Å². The fourth-order valence-electron chi connectivity index (χ4n) is 1.27. The molecule has 0 spiro atoms. The molecule has 0 aromatic rings. The fourth-order valence-corrected chi connectivity index (χ4v) is 1.27. The van der Waals surface area contributed by atoms with Crippen LogP contribution in [0, 0.1) is 0 Å². The molecule has 1 N–H and O–H groups in total. The number of carbonyl (C=O) groups excluding carboxylic acids is 1. The van der Waals surface area contributed by atoms with Crippen molar-refractivity contribution in [1.82, 2.24) is 0 Å². The van der Waals surface area contributed by atoms with E-state index in [-0.39, 0.29) is 19.3 Å². The number of carbonyl (C=O) groups is 2. The van der Waals surface area contributed by atoms with Crippen LogP contribution < -0.4 is 0 Å². The maximum atomic E-state index is 11.4. The molecule has 0 unspecified atom stereocenters. The summed E-state index contributed by atoms with van der Waals surface area (Å²) in [5.74, 6) is -2.85. The number of hydrogen-bond donors (Lipinski definition) is 1. The summed E-state index contributed by atoms with van der Waals surface area (Å²) in [5.41, 5.74) is 0. The quantitative estimate of drug-likeness (QED) is 0.492. The molecule has 0 rings (SSSR count). The zero-order valence-corrected chi connectivity index (χ0v) is 10.5. The molecule has 6 nitrogen and oxygen atoms in total. The van der Waals surface area contributed by atoms with Crippen molar-refractivity contribution in [2.24, 2.45) is 0 Å². The summed E-state index contributed by atoms with van der Waals surface area (Å²) in [7, 11) is 0. The van der Waals surface area contributed by atoms with E-state index in [0.29, 0.717) is 13.2 Å². The molecule has 0 atom stereocenters. The number of rotatable bonds is 9. The van der Waals surface area contributed by atoms with Crippen LogP contribution in [0.5, 0.6) is 0 Å². The largest absolute Gasteiger partial charge is 0.481 e. The number of esters is 1. The van der Waals surface area contributed by atoms with Gasteiger partial charge in [-0.3, -0.25) is 9.59 Å². The van der Waals surface area contributed by atoms with Gasteiger partial charge >= 0.3 is 17.9 Å². The van der Waals surface area contributed by atoms with Gasteiger partial charge in [0.25, 0.3) is 0 Å². The minimum absolute atomic E-state index is 0.0298. The molecule has 0 aromatic carbocycles. The van der Waals surface area contributed by atoms with E-state index in [4.69, 9.17) is 19.3 Å². The van der Waals surface area contributed by atoms with Crippen LogP contribution >= 0.6 is 0 Å². The Morgan fingerprint density at radius 1 is 1.12 bits per heavy atom. The molecule has 17 heavy (non-hydrogen) atoms. The lowest BCUT2D eigenvalue weighted by atomic mass is 10.2. The molecule has 0 heterocycles. The van der Waals surface area contributed by atoms with Crippen LogP contribution in [0.3, 0.4) is 0 Å².